The second kappa shape index (κ2) is 16.3. The molecule has 1 aliphatic carbocycles. The van der Waals surface area contributed by atoms with Gasteiger partial charge in [0.15, 0.2) is 0 Å². The summed E-state index contributed by atoms with van der Waals surface area (Å²) < 4.78 is 27.2. The molecule has 1 atom stereocenters. The number of carbonyl (C=O) groups is 3. The molecule has 3 saturated heterocycles. The van der Waals surface area contributed by atoms with Gasteiger partial charge in [-0.05, 0) is 67.6 Å². The van der Waals surface area contributed by atoms with Gasteiger partial charge in [-0.3, -0.25) is 29.2 Å². The molecule has 4 aliphatic heterocycles. The van der Waals surface area contributed by atoms with Crippen molar-refractivity contribution in [3.63, 3.8) is 0 Å². The summed E-state index contributed by atoms with van der Waals surface area (Å²) in [7, 11) is 2.09. The van der Waals surface area contributed by atoms with Crippen LogP contribution in [0.15, 0.2) is 85.5 Å². The van der Waals surface area contributed by atoms with Crippen molar-refractivity contribution in [3.05, 3.63) is 96.6 Å². The van der Waals surface area contributed by atoms with Crippen LogP contribution in [-0.4, -0.2) is 130 Å². The minimum absolute atomic E-state index is 0.115. The lowest BCUT2D eigenvalue weighted by atomic mass is 9.89. The van der Waals surface area contributed by atoms with Gasteiger partial charge in [-0.1, -0.05) is 18.7 Å². The number of imide groups is 1. The predicted octanol–water partition coefficient (Wildman–Crippen LogP) is 5.35. The van der Waals surface area contributed by atoms with Gasteiger partial charge in [-0.15, -0.1) is 0 Å². The molecule has 5 aliphatic rings. The number of ether oxygens (including phenoxy) is 4. The minimum Gasteiger partial charge on any atom is -0.492 e. The first-order chi connectivity index (χ1) is 29.7. The zero-order valence-corrected chi connectivity index (χ0v) is 34.5. The first-order valence-corrected chi connectivity index (χ1v) is 21.5. The molecule has 3 aromatic heterocycles. The van der Waals surface area contributed by atoms with Gasteiger partial charge in [-0.25, -0.2) is 4.98 Å². The monoisotopic (exact) mass is 825 g/mol. The van der Waals surface area contributed by atoms with E-state index in [-0.39, 0.29) is 29.3 Å². The topological polar surface area (TPSA) is 141 Å². The van der Waals surface area contributed by atoms with E-state index in [1.807, 2.05) is 24.7 Å². The molecule has 5 aromatic rings. The number of hydrogen-bond donors (Lipinski definition) is 1. The maximum Gasteiger partial charge on any atom is 0.262 e. The number of rotatable bonds is 12. The van der Waals surface area contributed by atoms with Crippen LogP contribution in [0.1, 0.15) is 59.2 Å². The summed E-state index contributed by atoms with van der Waals surface area (Å²) in [4.78, 5) is 53.8. The van der Waals surface area contributed by atoms with Gasteiger partial charge in [0.1, 0.15) is 24.5 Å². The lowest BCUT2D eigenvalue weighted by Crippen LogP contribution is -2.57. The van der Waals surface area contributed by atoms with E-state index in [2.05, 4.69) is 73.6 Å². The number of piperidine rings is 2. The quantitative estimate of drug-likeness (QED) is 0.163. The molecule has 1 saturated carbocycles. The molecule has 1 unspecified atom stereocenters. The number of allylic oxidation sites excluding steroid dienone is 1. The number of carbonyl (C=O) groups excluding carboxylic acids is 3. The van der Waals surface area contributed by atoms with E-state index in [0.29, 0.717) is 55.6 Å². The molecule has 0 bridgehead atoms. The van der Waals surface area contributed by atoms with Gasteiger partial charge >= 0.3 is 0 Å². The average molecular weight is 826 g/mol. The van der Waals surface area contributed by atoms with E-state index in [1.54, 1.807) is 18.2 Å². The SMILES string of the molecule is C=C1CCC(N2C(=O)c3ccc(OCCN4CCOC5(CCN(CCOC6CC(Oc7ccc(-c8ccc9c%10cnccc%10n(C)c9c8)cn7)C6)CC5)C4)cc3C2=O)C(=O)N1. The lowest BCUT2D eigenvalue weighted by Gasteiger charge is -2.47. The van der Waals surface area contributed by atoms with E-state index < -0.39 is 17.9 Å². The van der Waals surface area contributed by atoms with Crippen LogP contribution in [0.2, 0.25) is 0 Å². The second-order valence-corrected chi connectivity index (χ2v) is 17.1. The van der Waals surface area contributed by atoms with Crippen LogP contribution in [0.4, 0.5) is 0 Å². The molecule has 7 heterocycles. The zero-order chi connectivity index (χ0) is 41.7. The maximum atomic E-state index is 13.3. The number of nitrogens with zero attached hydrogens (tertiary/aromatic N) is 6. The maximum absolute atomic E-state index is 13.3. The fourth-order valence-corrected chi connectivity index (χ4v) is 9.64. The summed E-state index contributed by atoms with van der Waals surface area (Å²) >= 11 is 0. The normalized spacial score (nSPS) is 23.1. The van der Waals surface area contributed by atoms with Gasteiger partial charge in [0.05, 0.1) is 41.6 Å². The number of benzene rings is 2. The number of pyridine rings is 2. The summed E-state index contributed by atoms with van der Waals surface area (Å²) in [5.74, 6) is -0.118. The van der Waals surface area contributed by atoms with Crippen molar-refractivity contribution in [1.29, 1.82) is 0 Å². The Bertz CT molecular complexity index is 2510. The standard InChI is InChI=1S/C47H51N7O7/c1-30-3-9-41(44(55)50-30)54-45(56)37-8-6-33(26-38(37)46(54)57)58-21-18-53-19-22-60-47(29-53)12-15-52(16-13-47)17-20-59-34-24-35(25-34)61-43-10-5-32(27-49-43)31-4-7-36-39-28-48-14-11-40(39)51(2)42(36)23-31/h4-8,10-11,14,23,26-28,34-35,41H,1,3,9,12-13,15-22,24-25,29H2,2H3,(H,50,55). The molecule has 10 rings (SSSR count). The van der Waals surface area contributed by atoms with Crippen LogP contribution in [0, 0.1) is 0 Å². The highest BCUT2D eigenvalue weighted by atomic mass is 16.5. The molecule has 14 nitrogen and oxygen atoms in total. The third kappa shape index (κ3) is 7.78. The second-order valence-electron chi connectivity index (χ2n) is 17.1. The van der Waals surface area contributed by atoms with Gasteiger partial charge < -0.3 is 33.7 Å². The molecule has 2 aromatic carbocycles. The average Bonchev–Trinajstić information content (AvgIpc) is 3.68. The Hall–Kier alpha value is -5.67. The Morgan fingerprint density at radius 2 is 1.67 bits per heavy atom. The largest absolute Gasteiger partial charge is 0.492 e. The van der Waals surface area contributed by atoms with Crippen LogP contribution >= 0.6 is 0 Å². The van der Waals surface area contributed by atoms with Crippen molar-refractivity contribution in [2.75, 3.05) is 59.1 Å². The lowest BCUT2D eigenvalue weighted by molar-refractivity contribution is -0.139. The number of aryl methyl sites for hydroxylation is 1. The number of likely N-dealkylation sites (tertiary alicyclic amines) is 1. The molecule has 0 radical (unpaired) electrons. The van der Waals surface area contributed by atoms with Gasteiger partial charge in [0.25, 0.3) is 11.8 Å². The Labute approximate surface area is 354 Å². The summed E-state index contributed by atoms with van der Waals surface area (Å²) in [6.07, 6.45) is 10.5. The van der Waals surface area contributed by atoms with Crippen molar-refractivity contribution in [2.24, 2.45) is 7.05 Å². The number of amides is 3. The number of morpholine rings is 1. The third-order valence-corrected chi connectivity index (χ3v) is 13.3. The summed E-state index contributed by atoms with van der Waals surface area (Å²) in [6.45, 7) is 10.9. The molecule has 14 heteroatoms. The van der Waals surface area contributed by atoms with Crippen molar-refractivity contribution in [2.45, 2.75) is 62.4 Å². The first kappa shape index (κ1) is 39.5. The molecule has 3 amide bonds. The van der Waals surface area contributed by atoms with Gasteiger partial charge in [0, 0.05) is 111 Å². The van der Waals surface area contributed by atoms with E-state index in [9.17, 15) is 14.4 Å². The highest BCUT2D eigenvalue weighted by Crippen LogP contribution is 2.35. The van der Waals surface area contributed by atoms with Crippen LogP contribution in [-0.2, 0) is 21.3 Å². The van der Waals surface area contributed by atoms with E-state index in [1.165, 1.54) is 16.4 Å². The van der Waals surface area contributed by atoms with E-state index in [4.69, 9.17) is 18.9 Å². The summed E-state index contributed by atoms with van der Waals surface area (Å²) in [6, 6.07) is 16.7. The number of aromatic nitrogens is 3. The summed E-state index contributed by atoms with van der Waals surface area (Å²) in [5, 5.41) is 5.02. The molecular formula is C47H51N7O7. The van der Waals surface area contributed by atoms with Gasteiger partial charge in [0.2, 0.25) is 11.8 Å². The van der Waals surface area contributed by atoms with Crippen molar-refractivity contribution in [3.8, 4) is 22.8 Å². The van der Waals surface area contributed by atoms with Gasteiger partial charge in [-0.2, -0.15) is 0 Å². The number of fused-ring (bicyclic) bond motifs is 4. The fourth-order valence-electron chi connectivity index (χ4n) is 9.64. The molecular weight excluding hydrogens is 775 g/mol. The number of hydrogen-bond acceptors (Lipinski definition) is 11. The molecule has 316 valence electrons. The first-order valence-electron chi connectivity index (χ1n) is 21.5. The van der Waals surface area contributed by atoms with E-state index in [0.717, 1.165) is 86.4 Å². The fraction of sp³-hybridized carbons (Fsp3) is 0.426. The highest BCUT2D eigenvalue weighted by molar-refractivity contribution is 6.23. The summed E-state index contributed by atoms with van der Waals surface area (Å²) in [5.41, 5.74) is 5.51. The van der Waals surface area contributed by atoms with Crippen LogP contribution < -0.4 is 14.8 Å². The highest BCUT2D eigenvalue weighted by Gasteiger charge is 2.44. The minimum atomic E-state index is -0.837. The molecule has 61 heavy (non-hydrogen) atoms. The van der Waals surface area contributed by atoms with Crippen molar-refractivity contribution in [1.82, 2.24) is 34.6 Å². The third-order valence-electron chi connectivity index (χ3n) is 13.3. The Kier molecular flexibility index (Phi) is 10.6. The smallest absolute Gasteiger partial charge is 0.262 e. The molecule has 1 N–H and O–H groups in total. The Balaban J connectivity index is 0.627. The Morgan fingerprint density at radius 1 is 0.852 bits per heavy atom. The van der Waals surface area contributed by atoms with Crippen molar-refractivity contribution >= 4 is 39.5 Å². The molecule has 1 spiro atoms. The van der Waals surface area contributed by atoms with E-state index >= 15 is 0 Å². The zero-order valence-electron chi connectivity index (χ0n) is 34.5. The Morgan fingerprint density at radius 3 is 2.49 bits per heavy atom. The van der Waals surface area contributed by atoms with Crippen LogP contribution in [0.25, 0.3) is 32.9 Å². The predicted molar refractivity (Wildman–Crippen MR) is 228 cm³/mol. The molecule has 4 fully saturated rings. The number of nitrogens with one attached hydrogen (secondary N) is 1. The van der Waals surface area contributed by atoms with Crippen LogP contribution in [0.5, 0.6) is 11.6 Å². The van der Waals surface area contributed by atoms with Crippen molar-refractivity contribution < 1.29 is 33.3 Å². The van der Waals surface area contributed by atoms with Crippen LogP contribution in [0.3, 0.4) is 0 Å².